The van der Waals surface area contributed by atoms with Crippen LogP contribution in [0.4, 0.5) is 11.4 Å². The summed E-state index contributed by atoms with van der Waals surface area (Å²) in [6.07, 6.45) is 1.46. The minimum Gasteiger partial charge on any atom is -0.495 e. The highest BCUT2D eigenvalue weighted by Gasteiger charge is 2.17. The summed E-state index contributed by atoms with van der Waals surface area (Å²) in [5, 5.41) is 8.88. The van der Waals surface area contributed by atoms with Gasteiger partial charge in [-0.15, -0.1) is 11.8 Å². The number of halogens is 2. The molecule has 0 radical (unpaired) electrons. The quantitative estimate of drug-likeness (QED) is 0.132. The van der Waals surface area contributed by atoms with Crippen LogP contribution in [0.5, 0.6) is 5.75 Å². The average molecular weight is 607 g/mol. The molecule has 0 heterocycles. The van der Waals surface area contributed by atoms with E-state index in [9.17, 15) is 14.4 Å². The third-order valence-electron chi connectivity index (χ3n) is 5.65. The van der Waals surface area contributed by atoms with Gasteiger partial charge in [-0.1, -0.05) is 71.7 Å². The van der Waals surface area contributed by atoms with Crippen molar-refractivity contribution in [2.24, 2.45) is 0 Å². The zero-order valence-corrected chi connectivity index (χ0v) is 24.1. The van der Waals surface area contributed by atoms with Crippen molar-refractivity contribution in [3.63, 3.8) is 0 Å². The molecule has 4 rings (SSSR count). The van der Waals surface area contributed by atoms with E-state index in [0.29, 0.717) is 33.3 Å². The van der Waals surface area contributed by atoms with E-state index in [1.165, 1.54) is 24.9 Å². The van der Waals surface area contributed by atoms with Gasteiger partial charge < -0.3 is 20.7 Å². The lowest BCUT2D eigenvalue weighted by Crippen LogP contribution is -2.30. The van der Waals surface area contributed by atoms with Crippen molar-refractivity contribution in [3.8, 4) is 5.75 Å². The van der Waals surface area contributed by atoms with Gasteiger partial charge in [-0.05, 0) is 60.2 Å². The van der Waals surface area contributed by atoms with Crippen molar-refractivity contribution in [2.45, 2.75) is 4.90 Å². The van der Waals surface area contributed by atoms with Crippen LogP contribution in [0.1, 0.15) is 15.9 Å². The van der Waals surface area contributed by atoms with Gasteiger partial charge in [0.25, 0.3) is 11.8 Å². The van der Waals surface area contributed by atoms with Crippen LogP contribution in [0.15, 0.2) is 108 Å². The largest absolute Gasteiger partial charge is 0.495 e. The van der Waals surface area contributed by atoms with Crippen LogP contribution in [0.2, 0.25) is 10.0 Å². The van der Waals surface area contributed by atoms with Gasteiger partial charge in [-0.25, -0.2) is 0 Å². The maximum atomic E-state index is 13.4. The Morgan fingerprint density at radius 2 is 1.59 bits per heavy atom. The number of benzene rings is 4. The molecule has 0 saturated heterocycles. The smallest absolute Gasteiger partial charge is 0.272 e. The summed E-state index contributed by atoms with van der Waals surface area (Å²) in [4.78, 5) is 39.5. The monoisotopic (exact) mass is 605 g/mol. The Hall–Kier alpha value is -4.24. The lowest BCUT2D eigenvalue weighted by Gasteiger charge is -2.13. The highest BCUT2D eigenvalue weighted by atomic mass is 35.5. The Balaban J connectivity index is 1.48. The van der Waals surface area contributed by atoms with Gasteiger partial charge in [0.1, 0.15) is 11.4 Å². The summed E-state index contributed by atoms with van der Waals surface area (Å²) in [5.74, 6) is -0.531. The fourth-order valence-corrected chi connectivity index (χ4v) is 4.79. The summed E-state index contributed by atoms with van der Waals surface area (Å²) >= 11 is 13.8. The molecular formula is C31H25Cl2N3O4S. The molecule has 4 aromatic carbocycles. The second-order valence-electron chi connectivity index (χ2n) is 8.54. The van der Waals surface area contributed by atoms with Crippen LogP contribution in [-0.2, 0) is 9.59 Å². The number of thioether (sulfide) groups is 1. The minimum absolute atomic E-state index is 0.0303. The van der Waals surface area contributed by atoms with E-state index < -0.39 is 11.8 Å². The van der Waals surface area contributed by atoms with E-state index in [-0.39, 0.29) is 22.4 Å². The zero-order chi connectivity index (χ0) is 29.2. The third-order valence-corrected chi connectivity index (χ3v) is 7.48. The second kappa shape index (κ2) is 14.4. The van der Waals surface area contributed by atoms with Gasteiger partial charge in [0.05, 0.1) is 28.6 Å². The molecule has 7 nitrogen and oxygen atoms in total. The van der Waals surface area contributed by atoms with Gasteiger partial charge in [0.15, 0.2) is 0 Å². The summed E-state index contributed by atoms with van der Waals surface area (Å²) < 4.78 is 5.27. The number of ether oxygens (including phenoxy) is 1. The topological polar surface area (TPSA) is 96.5 Å². The lowest BCUT2D eigenvalue weighted by molar-refractivity contribution is -0.114. The van der Waals surface area contributed by atoms with Crippen molar-refractivity contribution >= 4 is 70.1 Å². The molecule has 0 saturated carbocycles. The predicted molar refractivity (Wildman–Crippen MR) is 166 cm³/mol. The maximum absolute atomic E-state index is 13.4. The first-order valence-corrected chi connectivity index (χ1v) is 14.1. The average Bonchev–Trinajstić information content (AvgIpc) is 2.99. The summed E-state index contributed by atoms with van der Waals surface area (Å²) in [5.41, 5.74) is 1.87. The standard InChI is InChI=1S/C31H25Cl2N3O4S/c1-40-27-16-6-5-15-25(27)35-28(37)19-41-23-13-8-12-22(18-23)34-31(39)26(17-21-11-7-14-24(32)29(21)33)36-30(38)20-9-3-2-4-10-20/h2-18H,19H2,1H3,(H,34,39)(H,35,37)(H,36,38)/b26-17+. The number of carbonyl (C=O) groups excluding carboxylic acids is 3. The Labute approximate surface area is 251 Å². The fraction of sp³-hybridized carbons (Fsp3) is 0.0645. The second-order valence-corrected chi connectivity index (χ2v) is 10.4. The predicted octanol–water partition coefficient (Wildman–Crippen LogP) is 7.14. The molecule has 0 aliphatic carbocycles. The van der Waals surface area contributed by atoms with E-state index in [4.69, 9.17) is 27.9 Å². The van der Waals surface area contributed by atoms with E-state index in [0.717, 1.165) is 4.90 Å². The fourth-order valence-electron chi connectivity index (χ4n) is 3.68. The zero-order valence-electron chi connectivity index (χ0n) is 21.8. The number of para-hydroxylation sites is 2. The van der Waals surface area contributed by atoms with Crippen molar-refractivity contribution < 1.29 is 19.1 Å². The summed E-state index contributed by atoms with van der Waals surface area (Å²) in [6.45, 7) is 0. The van der Waals surface area contributed by atoms with E-state index in [1.807, 2.05) is 18.2 Å². The normalized spacial score (nSPS) is 11.0. The molecule has 0 unspecified atom stereocenters. The van der Waals surface area contributed by atoms with Crippen molar-refractivity contribution in [2.75, 3.05) is 23.5 Å². The third kappa shape index (κ3) is 8.38. The van der Waals surface area contributed by atoms with Crippen molar-refractivity contribution in [1.82, 2.24) is 5.32 Å². The summed E-state index contributed by atoms with van der Waals surface area (Å²) in [6, 6.07) is 27.7. The molecular weight excluding hydrogens is 581 g/mol. The molecule has 0 aliphatic rings. The van der Waals surface area contributed by atoms with Crippen LogP contribution >= 0.6 is 35.0 Å². The molecule has 3 amide bonds. The number of amides is 3. The van der Waals surface area contributed by atoms with Gasteiger partial charge >= 0.3 is 0 Å². The number of anilines is 2. The number of hydrogen-bond donors (Lipinski definition) is 3. The van der Waals surface area contributed by atoms with Gasteiger partial charge in [0.2, 0.25) is 5.91 Å². The highest BCUT2D eigenvalue weighted by Crippen LogP contribution is 2.28. The molecule has 3 N–H and O–H groups in total. The Kier molecular flexibility index (Phi) is 10.5. The molecule has 4 aromatic rings. The molecule has 41 heavy (non-hydrogen) atoms. The van der Waals surface area contributed by atoms with Crippen molar-refractivity contribution in [3.05, 3.63) is 124 Å². The Morgan fingerprint density at radius 3 is 2.37 bits per heavy atom. The lowest BCUT2D eigenvalue weighted by atomic mass is 10.1. The number of nitrogens with one attached hydrogen (secondary N) is 3. The number of methoxy groups -OCH3 is 1. The van der Waals surface area contributed by atoms with Gasteiger partial charge in [-0.2, -0.15) is 0 Å². The van der Waals surface area contributed by atoms with Crippen molar-refractivity contribution in [1.29, 1.82) is 0 Å². The van der Waals surface area contributed by atoms with E-state index >= 15 is 0 Å². The SMILES string of the molecule is COc1ccccc1NC(=O)CSc1cccc(NC(=O)/C(=C\c2cccc(Cl)c2Cl)NC(=O)c2ccccc2)c1. The van der Waals surface area contributed by atoms with Crippen LogP contribution in [0.3, 0.4) is 0 Å². The van der Waals surface area contributed by atoms with E-state index in [2.05, 4.69) is 16.0 Å². The minimum atomic E-state index is -0.568. The van der Waals surface area contributed by atoms with E-state index in [1.54, 1.807) is 78.9 Å². The molecule has 10 heteroatoms. The Morgan fingerprint density at radius 1 is 0.854 bits per heavy atom. The molecule has 0 fully saturated rings. The molecule has 0 aliphatic heterocycles. The van der Waals surface area contributed by atoms with Crippen LogP contribution in [0, 0.1) is 0 Å². The first-order chi connectivity index (χ1) is 19.8. The molecule has 0 bridgehead atoms. The maximum Gasteiger partial charge on any atom is 0.272 e. The summed E-state index contributed by atoms with van der Waals surface area (Å²) in [7, 11) is 1.54. The molecule has 0 spiro atoms. The Bertz CT molecular complexity index is 1600. The van der Waals surface area contributed by atoms with Gasteiger partial charge in [0, 0.05) is 16.1 Å². The number of hydrogen-bond acceptors (Lipinski definition) is 5. The van der Waals surface area contributed by atoms with Crippen LogP contribution in [0.25, 0.3) is 6.08 Å². The van der Waals surface area contributed by atoms with Crippen LogP contribution in [-0.4, -0.2) is 30.6 Å². The highest BCUT2D eigenvalue weighted by molar-refractivity contribution is 8.00. The molecule has 0 aromatic heterocycles. The number of carbonyl (C=O) groups is 3. The molecule has 0 atom stereocenters. The first kappa shape index (κ1) is 29.7. The number of rotatable bonds is 10. The molecule has 208 valence electrons. The van der Waals surface area contributed by atoms with Crippen LogP contribution < -0.4 is 20.7 Å². The first-order valence-electron chi connectivity index (χ1n) is 12.3. The van der Waals surface area contributed by atoms with Gasteiger partial charge in [-0.3, -0.25) is 14.4 Å².